The van der Waals surface area contributed by atoms with Gasteiger partial charge in [0.25, 0.3) is 5.91 Å². The van der Waals surface area contributed by atoms with Crippen molar-refractivity contribution in [2.45, 2.75) is 6.18 Å². The molecule has 0 saturated carbocycles. The van der Waals surface area contributed by atoms with Crippen LogP contribution in [0.4, 0.5) is 13.2 Å². The molecule has 0 unspecified atom stereocenters. The van der Waals surface area contributed by atoms with E-state index in [0.717, 1.165) is 24.3 Å². The minimum Gasteiger partial charge on any atom is -0.490 e. The summed E-state index contributed by atoms with van der Waals surface area (Å²) in [6.07, 6.45) is -4.48. The molecule has 0 spiro atoms. The molecule has 27 heavy (non-hydrogen) atoms. The van der Waals surface area contributed by atoms with Crippen molar-refractivity contribution in [2.75, 3.05) is 19.8 Å². The molecule has 0 aliphatic rings. The number of hydrogen-bond acceptors (Lipinski definition) is 4. The average molecular weight is 402 g/mol. The highest BCUT2D eigenvalue weighted by atomic mass is 35.5. The van der Waals surface area contributed by atoms with Crippen molar-refractivity contribution in [3.05, 3.63) is 64.7 Å². The zero-order valence-corrected chi connectivity index (χ0v) is 14.6. The van der Waals surface area contributed by atoms with E-state index in [2.05, 4.69) is 5.32 Å². The van der Waals surface area contributed by atoms with E-state index in [1.54, 1.807) is 24.3 Å². The van der Waals surface area contributed by atoms with Gasteiger partial charge in [0.2, 0.25) is 0 Å². The lowest BCUT2D eigenvalue weighted by Crippen LogP contribution is -2.31. The maximum absolute atomic E-state index is 12.5. The Hall–Kier alpha value is -2.74. The second-order valence-electron chi connectivity index (χ2n) is 5.28. The molecule has 2 aromatic rings. The number of carbonyl (C=O) groups is 2. The Kier molecular flexibility index (Phi) is 7.06. The van der Waals surface area contributed by atoms with Crippen molar-refractivity contribution in [3.63, 3.8) is 0 Å². The van der Waals surface area contributed by atoms with Gasteiger partial charge in [-0.25, -0.2) is 0 Å². The number of esters is 1. The molecule has 0 heterocycles. The number of halogens is 4. The fourth-order valence-corrected chi connectivity index (χ4v) is 2.17. The summed E-state index contributed by atoms with van der Waals surface area (Å²) in [5, 5.41) is 2.78. The van der Waals surface area contributed by atoms with Gasteiger partial charge in [0.15, 0.2) is 0 Å². The van der Waals surface area contributed by atoms with Crippen LogP contribution in [-0.2, 0) is 15.7 Å². The minimum absolute atomic E-state index is 0.0000830. The normalized spacial score (nSPS) is 11.0. The summed E-state index contributed by atoms with van der Waals surface area (Å²) in [6, 6.07) is 10.3. The van der Waals surface area contributed by atoms with Crippen LogP contribution in [0.5, 0.6) is 5.75 Å². The quantitative estimate of drug-likeness (QED) is 0.567. The molecule has 0 aliphatic carbocycles. The standard InChI is InChI=1S/C18H15ClF3NO4/c19-14-2-1-3-15(10-14)26-8-9-27-16(24)11-23-17(25)12-4-6-13(7-5-12)18(20,21)22/h1-7,10H,8-9,11H2,(H,23,25). The monoisotopic (exact) mass is 401 g/mol. The molecule has 9 heteroatoms. The number of rotatable bonds is 7. The maximum Gasteiger partial charge on any atom is 0.416 e. The molecule has 5 nitrogen and oxygen atoms in total. The molecule has 1 amide bonds. The minimum atomic E-state index is -4.48. The van der Waals surface area contributed by atoms with Gasteiger partial charge in [0.05, 0.1) is 5.56 Å². The number of carbonyl (C=O) groups excluding carboxylic acids is 2. The second kappa shape index (κ2) is 9.27. The summed E-state index contributed by atoms with van der Waals surface area (Å²) in [5.41, 5.74) is -0.863. The second-order valence-corrected chi connectivity index (χ2v) is 5.72. The van der Waals surface area contributed by atoms with Crippen LogP contribution in [0.3, 0.4) is 0 Å². The Bertz CT molecular complexity index is 794. The fraction of sp³-hybridized carbons (Fsp3) is 0.222. The smallest absolute Gasteiger partial charge is 0.416 e. The van der Waals surface area contributed by atoms with Crippen molar-refractivity contribution in [2.24, 2.45) is 0 Å². The molecule has 0 aliphatic heterocycles. The first kappa shape index (κ1) is 20.6. The summed E-state index contributed by atoms with van der Waals surface area (Å²) in [4.78, 5) is 23.4. The van der Waals surface area contributed by atoms with Crippen LogP contribution in [0.25, 0.3) is 0 Å². The fourth-order valence-electron chi connectivity index (χ4n) is 1.99. The molecule has 2 rings (SSSR count). The van der Waals surface area contributed by atoms with Crippen molar-refractivity contribution in [3.8, 4) is 5.75 Å². The van der Waals surface area contributed by atoms with Gasteiger partial charge in [0.1, 0.15) is 25.5 Å². The molecule has 144 valence electrons. The number of amides is 1. The zero-order valence-electron chi connectivity index (χ0n) is 13.9. The Morgan fingerprint density at radius 1 is 1.04 bits per heavy atom. The first-order chi connectivity index (χ1) is 12.8. The lowest BCUT2D eigenvalue weighted by molar-refractivity contribution is -0.143. The first-order valence-corrected chi connectivity index (χ1v) is 8.13. The summed E-state index contributed by atoms with van der Waals surface area (Å²) >= 11 is 5.80. The van der Waals surface area contributed by atoms with Gasteiger partial charge in [-0.15, -0.1) is 0 Å². The average Bonchev–Trinajstić information content (AvgIpc) is 2.63. The molecular formula is C18H15ClF3NO4. The van der Waals surface area contributed by atoms with Crippen LogP contribution >= 0.6 is 11.6 Å². The number of ether oxygens (including phenoxy) is 2. The Morgan fingerprint density at radius 3 is 2.37 bits per heavy atom. The summed E-state index contributed by atoms with van der Waals surface area (Å²) < 4.78 is 47.6. The van der Waals surface area contributed by atoms with Crippen molar-refractivity contribution >= 4 is 23.5 Å². The molecule has 0 aromatic heterocycles. The molecule has 0 fully saturated rings. The van der Waals surface area contributed by atoms with E-state index >= 15 is 0 Å². The SMILES string of the molecule is O=C(CNC(=O)c1ccc(C(F)(F)F)cc1)OCCOc1cccc(Cl)c1. The summed E-state index contributed by atoms with van der Waals surface area (Å²) in [5.74, 6) is -0.866. The van der Waals surface area contributed by atoms with Crippen molar-refractivity contribution in [1.29, 1.82) is 0 Å². The van der Waals surface area contributed by atoms with E-state index in [9.17, 15) is 22.8 Å². The molecule has 0 atom stereocenters. The lowest BCUT2D eigenvalue weighted by atomic mass is 10.1. The largest absolute Gasteiger partial charge is 0.490 e. The molecular weight excluding hydrogens is 387 g/mol. The first-order valence-electron chi connectivity index (χ1n) is 7.75. The number of hydrogen-bond donors (Lipinski definition) is 1. The third-order valence-corrected chi connectivity index (χ3v) is 3.51. The topological polar surface area (TPSA) is 64.6 Å². The van der Waals surface area contributed by atoms with Gasteiger partial charge < -0.3 is 14.8 Å². The van der Waals surface area contributed by atoms with E-state index in [4.69, 9.17) is 21.1 Å². The number of alkyl halides is 3. The third-order valence-electron chi connectivity index (χ3n) is 3.28. The zero-order chi connectivity index (χ0) is 19.9. The van der Waals surface area contributed by atoms with Crippen LogP contribution in [0.2, 0.25) is 5.02 Å². The molecule has 0 radical (unpaired) electrons. The van der Waals surface area contributed by atoms with E-state index < -0.39 is 30.2 Å². The molecule has 2 aromatic carbocycles. The van der Waals surface area contributed by atoms with Crippen molar-refractivity contribution in [1.82, 2.24) is 5.32 Å². The van der Waals surface area contributed by atoms with Gasteiger partial charge in [0, 0.05) is 10.6 Å². The number of nitrogens with one attached hydrogen (secondary N) is 1. The molecule has 0 saturated heterocycles. The molecule has 1 N–H and O–H groups in total. The van der Waals surface area contributed by atoms with Gasteiger partial charge in [-0.2, -0.15) is 13.2 Å². The maximum atomic E-state index is 12.5. The van der Waals surface area contributed by atoms with Crippen LogP contribution in [0.1, 0.15) is 15.9 Å². The van der Waals surface area contributed by atoms with Gasteiger partial charge >= 0.3 is 12.1 Å². The summed E-state index contributed by atoms with van der Waals surface area (Å²) in [6.45, 7) is -0.364. The van der Waals surface area contributed by atoms with E-state index in [-0.39, 0.29) is 18.8 Å². The highest BCUT2D eigenvalue weighted by Crippen LogP contribution is 2.29. The van der Waals surface area contributed by atoms with Gasteiger partial charge in [-0.1, -0.05) is 17.7 Å². The summed E-state index contributed by atoms with van der Waals surface area (Å²) in [7, 11) is 0. The Morgan fingerprint density at radius 2 is 1.74 bits per heavy atom. The van der Waals surface area contributed by atoms with Gasteiger partial charge in [-0.3, -0.25) is 9.59 Å². The highest BCUT2D eigenvalue weighted by Gasteiger charge is 2.30. The van der Waals surface area contributed by atoms with Crippen LogP contribution in [0.15, 0.2) is 48.5 Å². The van der Waals surface area contributed by atoms with Crippen LogP contribution in [-0.4, -0.2) is 31.6 Å². The van der Waals surface area contributed by atoms with Crippen LogP contribution in [0, 0.1) is 0 Å². The Labute approximate surface area is 158 Å². The predicted octanol–water partition coefficient (Wildman–Crippen LogP) is 3.71. The number of benzene rings is 2. The van der Waals surface area contributed by atoms with Crippen molar-refractivity contribution < 1.29 is 32.2 Å². The lowest BCUT2D eigenvalue weighted by Gasteiger charge is -2.09. The van der Waals surface area contributed by atoms with Gasteiger partial charge in [-0.05, 0) is 42.5 Å². The Balaban J connectivity index is 1.69. The van der Waals surface area contributed by atoms with Crippen LogP contribution < -0.4 is 10.1 Å². The third kappa shape index (κ3) is 6.82. The van der Waals surface area contributed by atoms with E-state index in [0.29, 0.717) is 10.8 Å². The molecule has 0 bridgehead atoms. The van der Waals surface area contributed by atoms with E-state index in [1.807, 2.05) is 0 Å². The van der Waals surface area contributed by atoms with E-state index in [1.165, 1.54) is 0 Å². The predicted molar refractivity (Wildman–Crippen MR) is 91.7 cm³/mol. The highest BCUT2D eigenvalue weighted by molar-refractivity contribution is 6.30.